The van der Waals surface area contributed by atoms with Gasteiger partial charge < -0.3 is 4.90 Å². The van der Waals surface area contributed by atoms with Crippen molar-refractivity contribution in [2.24, 2.45) is 0 Å². The maximum absolute atomic E-state index is 13.9. The van der Waals surface area contributed by atoms with E-state index in [4.69, 9.17) is 5.26 Å². The molecule has 0 saturated carbocycles. The van der Waals surface area contributed by atoms with Crippen molar-refractivity contribution in [2.45, 2.75) is 13.0 Å². The number of hydrogen-bond acceptors (Lipinski definition) is 5. The molecule has 1 aromatic carbocycles. The minimum absolute atomic E-state index is 0.278. The van der Waals surface area contributed by atoms with Crippen LogP contribution >= 0.6 is 0 Å². The summed E-state index contributed by atoms with van der Waals surface area (Å²) in [6.07, 6.45) is 0. The number of benzene rings is 1. The highest BCUT2D eigenvalue weighted by molar-refractivity contribution is 5.64. The molecule has 1 aliphatic heterocycles. The van der Waals surface area contributed by atoms with Crippen LogP contribution in [0, 0.1) is 33.1 Å². The summed E-state index contributed by atoms with van der Waals surface area (Å²) in [4.78, 5) is 13.6. The first-order valence-corrected chi connectivity index (χ1v) is 6.46. The minimum Gasteiger partial charge on any atom is -0.361 e. The molecule has 1 aliphatic rings. The maximum Gasteiger partial charge on any atom is 0.295 e. The molecule has 1 saturated heterocycles. The van der Waals surface area contributed by atoms with Crippen LogP contribution in [0.2, 0.25) is 0 Å². The summed E-state index contributed by atoms with van der Waals surface area (Å²) in [5.74, 6) is -2.31. The van der Waals surface area contributed by atoms with Crippen LogP contribution in [0.15, 0.2) is 12.1 Å². The van der Waals surface area contributed by atoms with Gasteiger partial charge in [-0.05, 0) is 13.0 Å². The molecule has 112 valence electrons. The summed E-state index contributed by atoms with van der Waals surface area (Å²) < 4.78 is 27.3. The number of nitriles is 1. The van der Waals surface area contributed by atoms with E-state index in [9.17, 15) is 18.9 Å². The largest absolute Gasteiger partial charge is 0.361 e. The molecule has 0 amide bonds. The van der Waals surface area contributed by atoms with Gasteiger partial charge in [0.05, 0.1) is 17.0 Å². The maximum atomic E-state index is 13.9. The van der Waals surface area contributed by atoms with E-state index in [1.807, 2.05) is 4.90 Å². The Labute approximate surface area is 120 Å². The molecule has 1 atom stereocenters. The van der Waals surface area contributed by atoms with Gasteiger partial charge in [0.25, 0.3) is 5.69 Å². The molecule has 1 unspecified atom stereocenters. The van der Waals surface area contributed by atoms with E-state index in [1.54, 1.807) is 6.92 Å². The number of nitro benzene ring substituents is 1. The summed E-state index contributed by atoms with van der Waals surface area (Å²) in [5, 5.41) is 19.8. The average Bonchev–Trinajstić information content (AvgIpc) is 2.49. The number of nitro groups is 1. The van der Waals surface area contributed by atoms with Gasteiger partial charge in [0.1, 0.15) is 0 Å². The Balaban J connectivity index is 2.26. The van der Waals surface area contributed by atoms with Crippen LogP contribution in [0.5, 0.6) is 0 Å². The van der Waals surface area contributed by atoms with Gasteiger partial charge in [-0.3, -0.25) is 15.0 Å². The normalized spacial score (nSPS) is 17.3. The van der Waals surface area contributed by atoms with E-state index in [0.717, 1.165) is 12.1 Å². The molecule has 21 heavy (non-hydrogen) atoms. The minimum atomic E-state index is -1.20. The van der Waals surface area contributed by atoms with Gasteiger partial charge in [0.15, 0.2) is 17.3 Å². The van der Waals surface area contributed by atoms with E-state index < -0.39 is 22.2 Å². The van der Waals surface area contributed by atoms with Crippen molar-refractivity contribution < 1.29 is 13.7 Å². The number of piperazine rings is 1. The predicted molar refractivity (Wildman–Crippen MR) is 71.9 cm³/mol. The summed E-state index contributed by atoms with van der Waals surface area (Å²) in [6, 6.07) is 3.55. The number of anilines is 1. The van der Waals surface area contributed by atoms with Gasteiger partial charge in [0.2, 0.25) is 0 Å². The van der Waals surface area contributed by atoms with Crippen LogP contribution in [-0.2, 0) is 0 Å². The van der Waals surface area contributed by atoms with Crippen molar-refractivity contribution in [1.29, 1.82) is 5.26 Å². The Morgan fingerprint density at radius 2 is 1.95 bits per heavy atom. The fraction of sp³-hybridized carbons (Fsp3) is 0.462. The van der Waals surface area contributed by atoms with Crippen LogP contribution in [0.25, 0.3) is 0 Å². The number of halogens is 2. The summed E-state index contributed by atoms with van der Waals surface area (Å²) >= 11 is 0. The highest BCUT2D eigenvalue weighted by Crippen LogP contribution is 2.33. The Morgan fingerprint density at radius 1 is 1.33 bits per heavy atom. The lowest BCUT2D eigenvalue weighted by Gasteiger charge is -2.36. The topological polar surface area (TPSA) is 73.4 Å². The molecule has 0 N–H and O–H groups in total. The van der Waals surface area contributed by atoms with Crippen molar-refractivity contribution in [2.75, 3.05) is 31.1 Å². The molecule has 8 heteroatoms. The van der Waals surface area contributed by atoms with Gasteiger partial charge >= 0.3 is 0 Å². The fourth-order valence-corrected chi connectivity index (χ4v) is 2.39. The van der Waals surface area contributed by atoms with Crippen molar-refractivity contribution in [3.05, 3.63) is 33.9 Å². The van der Waals surface area contributed by atoms with Crippen LogP contribution in [0.3, 0.4) is 0 Å². The van der Waals surface area contributed by atoms with Crippen LogP contribution < -0.4 is 4.90 Å². The Hall–Kier alpha value is -2.27. The van der Waals surface area contributed by atoms with Crippen LogP contribution in [-0.4, -0.2) is 42.0 Å². The second kappa shape index (κ2) is 6.01. The first-order chi connectivity index (χ1) is 9.95. The molecular formula is C13H14F2N4O2. The first-order valence-electron chi connectivity index (χ1n) is 6.46. The third kappa shape index (κ3) is 2.92. The summed E-state index contributed by atoms with van der Waals surface area (Å²) in [6.45, 7) is 3.27. The molecule has 1 aromatic rings. The van der Waals surface area contributed by atoms with Gasteiger partial charge in [-0.25, -0.2) is 8.78 Å². The predicted octanol–water partition coefficient (Wildman–Crippen LogP) is 1.91. The Bertz CT molecular complexity index is 595. The van der Waals surface area contributed by atoms with E-state index in [-0.39, 0.29) is 11.7 Å². The number of rotatable bonds is 3. The van der Waals surface area contributed by atoms with E-state index in [1.165, 1.54) is 4.90 Å². The molecule has 0 bridgehead atoms. The van der Waals surface area contributed by atoms with Crippen molar-refractivity contribution >= 4 is 11.4 Å². The zero-order valence-electron chi connectivity index (χ0n) is 11.4. The highest BCUT2D eigenvalue weighted by Gasteiger charge is 2.29. The molecule has 1 fully saturated rings. The Kier molecular flexibility index (Phi) is 4.33. The zero-order valence-corrected chi connectivity index (χ0v) is 11.4. The molecule has 0 radical (unpaired) electrons. The molecular weight excluding hydrogens is 282 g/mol. The molecule has 2 rings (SSSR count). The van der Waals surface area contributed by atoms with Crippen LogP contribution in [0.1, 0.15) is 6.92 Å². The molecule has 0 spiro atoms. The summed E-state index contributed by atoms with van der Waals surface area (Å²) in [5.41, 5.74) is -0.764. The quantitative estimate of drug-likeness (QED) is 0.629. The highest BCUT2D eigenvalue weighted by atomic mass is 19.2. The zero-order chi connectivity index (χ0) is 15.6. The van der Waals surface area contributed by atoms with Gasteiger partial charge in [-0.2, -0.15) is 5.26 Å². The standard InChI is InChI=1S/C13H14F2N4O2/c1-9(8-16)17-4-6-18(7-5-17)13-11(19(20)21)3-2-10(14)12(13)15/h2-3,9H,4-7H2,1H3. The lowest BCUT2D eigenvalue weighted by Crippen LogP contribution is -2.49. The number of nitrogens with zero attached hydrogens (tertiary/aromatic N) is 4. The van der Waals surface area contributed by atoms with Crippen molar-refractivity contribution in [3.63, 3.8) is 0 Å². The summed E-state index contributed by atoms with van der Waals surface area (Å²) in [7, 11) is 0. The molecule has 6 nitrogen and oxygen atoms in total. The van der Waals surface area contributed by atoms with Gasteiger partial charge in [-0.1, -0.05) is 0 Å². The first kappa shape index (κ1) is 15.1. The second-order valence-electron chi connectivity index (χ2n) is 4.81. The molecule has 1 heterocycles. The van der Waals surface area contributed by atoms with Gasteiger partial charge in [0, 0.05) is 32.2 Å². The Morgan fingerprint density at radius 3 is 2.48 bits per heavy atom. The van der Waals surface area contributed by atoms with Gasteiger partial charge in [-0.15, -0.1) is 0 Å². The average molecular weight is 296 g/mol. The van der Waals surface area contributed by atoms with Crippen molar-refractivity contribution in [1.82, 2.24) is 4.90 Å². The number of hydrogen-bond donors (Lipinski definition) is 0. The van der Waals surface area contributed by atoms with Crippen molar-refractivity contribution in [3.8, 4) is 6.07 Å². The third-order valence-corrected chi connectivity index (χ3v) is 3.61. The smallest absolute Gasteiger partial charge is 0.295 e. The lowest BCUT2D eigenvalue weighted by atomic mass is 10.2. The van der Waals surface area contributed by atoms with E-state index in [0.29, 0.717) is 26.2 Å². The van der Waals surface area contributed by atoms with Crippen LogP contribution in [0.4, 0.5) is 20.2 Å². The van der Waals surface area contributed by atoms with E-state index in [2.05, 4.69) is 6.07 Å². The third-order valence-electron chi connectivity index (χ3n) is 3.61. The molecule has 0 aromatic heterocycles. The lowest BCUT2D eigenvalue weighted by molar-refractivity contribution is -0.384. The molecule has 0 aliphatic carbocycles. The monoisotopic (exact) mass is 296 g/mol. The second-order valence-corrected chi connectivity index (χ2v) is 4.81. The SMILES string of the molecule is CC(C#N)N1CCN(c2c([N+](=O)[O-])ccc(F)c2F)CC1. The van der Waals surface area contributed by atoms with E-state index >= 15 is 0 Å². The fourth-order valence-electron chi connectivity index (χ4n) is 2.39.